The van der Waals surface area contributed by atoms with Crippen molar-refractivity contribution in [2.75, 3.05) is 25.6 Å². The van der Waals surface area contributed by atoms with Crippen molar-refractivity contribution in [2.45, 2.75) is 19.8 Å². The minimum Gasteiger partial charge on any atom is -0.466 e. The molecule has 0 aromatic heterocycles. The van der Waals surface area contributed by atoms with Gasteiger partial charge in [-0.3, -0.25) is 4.79 Å². The zero-order valence-corrected chi connectivity index (χ0v) is 9.92. The van der Waals surface area contributed by atoms with E-state index in [2.05, 4.69) is 5.32 Å². The lowest BCUT2D eigenvalue weighted by atomic mass is 9.81. The number of ether oxygens (including phenoxy) is 1. The van der Waals surface area contributed by atoms with Crippen LogP contribution in [0.15, 0.2) is 0 Å². The molecule has 1 N–H and O–H groups in total. The standard InChI is InChI=1S/C9H16ClNO2.ClH/c1-2-13-8(12)9(7-10)3-5-11-6-4-9;/h11H,2-7H2,1H3;1H. The monoisotopic (exact) mass is 241 g/mol. The molecule has 1 saturated heterocycles. The highest BCUT2D eigenvalue weighted by Gasteiger charge is 2.39. The summed E-state index contributed by atoms with van der Waals surface area (Å²) in [6, 6.07) is 0. The Morgan fingerprint density at radius 3 is 2.50 bits per heavy atom. The van der Waals surface area contributed by atoms with Crippen LogP contribution in [0.1, 0.15) is 19.8 Å². The summed E-state index contributed by atoms with van der Waals surface area (Å²) in [5, 5.41) is 3.20. The number of nitrogens with one attached hydrogen (secondary N) is 1. The Kier molecular flexibility index (Phi) is 6.49. The van der Waals surface area contributed by atoms with E-state index < -0.39 is 5.41 Å². The molecular weight excluding hydrogens is 225 g/mol. The molecule has 1 aliphatic heterocycles. The van der Waals surface area contributed by atoms with Gasteiger partial charge in [0.25, 0.3) is 0 Å². The number of hydrogen-bond acceptors (Lipinski definition) is 3. The fourth-order valence-corrected chi connectivity index (χ4v) is 1.96. The summed E-state index contributed by atoms with van der Waals surface area (Å²) in [6.07, 6.45) is 1.57. The highest BCUT2D eigenvalue weighted by molar-refractivity contribution is 6.19. The molecule has 84 valence electrons. The van der Waals surface area contributed by atoms with Crippen molar-refractivity contribution in [3.8, 4) is 0 Å². The maximum Gasteiger partial charge on any atom is 0.313 e. The van der Waals surface area contributed by atoms with Crippen molar-refractivity contribution in [1.29, 1.82) is 0 Å². The SMILES string of the molecule is CCOC(=O)C1(CCl)CCNCC1.Cl. The molecule has 0 saturated carbocycles. The predicted molar refractivity (Wildman–Crippen MR) is 59.1 cm³/mol. The van der Waals surface area contributed by atoms with Crippen molar-refractivity contribution in [3.05, 3.63) is 0 Å². The second kappa shape index (κ2) is 6.49. The Morgan fingerprint density at radius 2 is 2.07 bits per heavy atom. The first-order chi connectivity index (χ1) is 6.25. The van der Waals surface area contributed by atoms with E-state index in [0.717, 1.165) is 25.9 Å². The van der Waals surface area contributed by atoms with E-state index in [4.69, 9.17) is 16.3 Å². The molecule has 1 heterocycles. The van der Waals surface area contributed by atoms with Gasteiger partial charge in [-0.05, 0) is 32.9 Å². The van der Waals surface area contributed by atoms with E-state index in [1.54, 1.807) is 0 Å². The Hall–Kier alpha value is 0.01000. The molecule has 0 aromatic carbocycles. The van der Waals surface area contributed by atoms with Crippen LogP contribution in [0.3, 0.4) is 0 Å². The predicted octanol–water partition coefficient (Wildman–Crippen LogP) is 1.58. The number of carbonyl (C=O) groups excluding carboxylic acids is 1. The summed E-state index contributed by atoms with van der Waals surface area (Å²) in [5.74, 6) is 0.236. The Balaban J connectivity index is 0.00000169. The topological polar surface area (TPSA) is 38.3 Å². The molecular formula is C9H17Cl2NO2. The molecule has 0 atom stereocenters. The van der Waals surface area contributed by atoms with Gasteiger partial charge in [0.1, 0.15) is 0 Å². The summed E-state index contributed by atoms with van der Waals surface area (Å²) in [4.78, 5) is 11.6. The minimum absolute atomic E-state index is 0. The van der Waals surface area contributed by atoms with Crippen LogP contribution >= 0.6 is 24.0 Å². The van der Waals surface area contributed by atoms with Gasteiger partial charge in [-0.1, -0.05) is 0 Å². The third kappa shape index (κ3) is 3.01. The molecule has 1 aliphatic rings. The van der Waals surface area contributed by atoms with Crippen LogP contribution in [-0.2, 0) is 9.53 Å². The first-order valence-electron chi connectivity index (χ1n) is 4.69. The smallest absolute Gasteiger partial charge is 0.313 e. The third-order valence-electron chi connectivity index (χ3n) is 2.52. The van der Waals surface area contributed by atoms with Gasteiger partial charge in [0.15, 0.2) is 0 Å². The summed E-state index contributed by atoms with van der Waals surface area (Å²) in [6.45, 7) is 3.96. The summed E-state index contributed by atoms with van der Waals surface area (Å²) in [5.41, 5.74) is -0.428. The van der Waals surface area contributed by atoms with Crippen molar-refractivity contribution >= 4 is 30.0 Å². The maximum atomic E-state index is 11.6. The van der Waals surface area contributed by atoms with Crippen LogP contribution in [0.5, 0.6) is 0 Å². The zero-order chi connectivity index (χ0) is 9.73. The highest BCUT2D eigenvalue weighted by Crippen LogP contribution is 2.31. The molecule has 5 heteroatoms. The van der Waals surface area contributed by atoms with E-state index >= 15 is 0 Å². The van der Waals surface area contributed by atoms with Crippen LogP contribution in [-0.4, -0.2) is 31.5 Å². The molecule has 0 amide bonds. The molecule has 0 unspecified atom stereocenters. The first-order valence-corrected chi connectivity index (χ1v) is 5.22. The number of halogens is 2. The average molecular weight is 242 g/mol. The molecule has 0 radical (unpaired) electrons. The largest absolute Gasteiger partial charge is 0.466 e. The van der Waals surface area contributed by atoms with Gasteiger partial charge in [-0.2, -0.15) is 0 Å². The lowest BCUT2D eigenvalue weighted by Gasteiger charge is -2.33. The highest BCUT2D eigenvalue weighted by atomic mass is 35.5. The van der Waals surface area contributed by atoms with Gasteiger partial charge < -0.3 is 10.1 Å². The van der Waals surface area contributed by atoms with Crippen molar-refractivity contribution in [2.24, 2.45) is 5.41 Å². The minimum atomic E-state index is -0.428. The van der Waals surface area contributed by atoms with Crippen LogP contribution in [0, 0.1) is 5.41 Å². The summed E-state index contributed by atoms with van der Waals surface area (Å²) >= 11 is 5.84. The van der Waals surface area contributed by atoms with E-state index in [1.807, 2.05) is 6.92 Å². The van der Waals surface area contributed by atoms with Gasteiger partial charge in [0.05, 0.1) is 12.0 Å². The Morgan fingerprint density at radius 1 is 1.50 bits per heavy atom. The molecule has 0 spiro atoms. The summed E-state index contributed by atoms with van der Waals surface area (Å²) < 4.78 is 5.02. The second-order valence-corrected chi connectivity index (χ2v) is 3.65. The normalized spacial score (nSPS) is 19.6. The molecule has 1 rings (SSSR count). The molecule has 0 aliphatic carbocycles. The van der Waals surface area contributed by atoms with E-state index in [9.17, 15) is 4.79 Å². The van der Waals surface area contributed by atoms with E-state index in [1.165, 1.54) is 0 Å². The van der Waals surface area contributed by atoms with Crippen molar-refractivity contribution < 1.29 is 9.53 Å². The lowest BCUT2D eigenvalue weighted by molar-refractivity contribution is -0.155. The Labute approximate surface area is 95.9 Å². The van der Waals surface area contributed by atoms with E-state index in [-0.39, 0.29) is 18.4 Å². The van der Waals surface area contributed by atoms with Gasteiger partial charge in [-0.15, -0.1) is 24.0 Å². The maximum absolute atomic E-state index is 11.6. The van der Waals surface area contributed by atoms with Gasteiger partial charge in [-0.25, -0.2) is 0 Å². The number of rotatable bonds is 3. The van der Waals surface area contributed by atoms with Gasteiger partial charge in [0.2, 0.25) is 0 Å². The number of piperidine rings is 1. The zero-order valence-electron chi connectivity index (χ0n) is 8.35. The summed E-state index contributed by atoms with van der Waals surface area (Å²) in [7, 11) is 0. The van der Waals surface area contributed by atoms with E-state index in [0.29, 0.717) is 12.5 Å². The van der Waals surface area contributed by atoms with Crippen LogP contribution in [0.25, 0.3) is 0 Å². The van der Waals surface area contributed by atoms with Crippen LogP contribution < -0.4 is 5.32 Å². The average Bonchev–Trinajstić information content (AvgIpc) is 2.19. The third-order valence-corrected chi connectivity index (χ3v) is 3.04. The molecule has 1 fully saturated rings. The van der Waals surface area contributed by atoms with Gasteiger partial charge >= 0.3 is 5.97 Å². The van der Waals surface area contributed by atoms with Crippen molar-refractivity contribution in [1.82, 2.24) is 5.32 Å². The quantitative estimate of drug-likeness (QED) is 0.603. The van der Waals surface area contributed by atoms with Crippen molar-refractivity contribution in [3.63, 3.8) is 0 Å². The second-order valence-electron chi connectivity index (χ2n) is 3.38. The molecule has 0 bridgehead atoms. The van der Waals surface area contributed by atoms with Crippen LogP contribution in [0.2, 0.25) is 0 Å². The fraction of sp³-hybridized carbons (Fsp3) is 0.889. The molecule has 14 heavy (non-hydrogen) atoms. The Bertz CT molecular complexity index is 182. The molecule has 0 aromatic rings. The number of alkyl halides is 1. The number of hydrogen-bond donors (Lipinski definition) is 1. The number of carbonyl (C=O) groups is 1. The molecule has 3 nitrogen and oxygen atoms in total. The fourth-order valence-electron chi connectivity index (χ4n) is 1.58. The van der Waals surface area contributed by atoms with Gasteiger partial charge in [0, 0.05) is 5.88 Å². The number of esters is 1. The van der Waals surface area contributed by atoms with Crippen LogP contribution in [0.4, 0.5) is 0 Å². The lowest BCUT2D eigenvalue weighted by Crippen LogP contribution is -2.44. The first kappa shape index (κ1) is 14.0.